The van der Waals surface area contributed by atoms with Crippen molar-refractivity contribution in [2.75, 3.05) is 5.32 Å². The number of amides is 2. The first-order valence-corrected chi connectivity index (χ1v) is 12.0. The summed E-state index contributed by atoms with van der Waals surface area (Å²) < 4.78 is 5.32. The first-order valence-electron chi connectivity index (χ1n) is 11.6. The summed E-state index contributed by atoms with van der Waals surface area (Å²) in [6, 6.07) is 16.6. The molecule has 10 nitrogen and oxygen atoms in total. The molecular weight excluding hydrogens is 524 g/mol. The molecule has 11 heteroatoms. The van der Waals surface area contributed by atoms with Crippen LogP contribution in [-0.4, -0.2) is 28.9 Å². The van der Waals surface area contributed by atoms with E-state index in [1.807, 2.05) is 0 Å². The average molecular weight is 549 g/mol. The molecule has 3 aromatic rings. The third-order valence-electron chi connectivity index (χ3n) is 5.15. The van der Waals surface area contributed by atoms with Gasteiger partial charge in [-0.1, -0.05) is 44.5 Å². The molecule has 200 valence electrons. The number of hydrazone groups is 1. The number of ether oxygens (including phenoxy) is 1. The molecule has 3 aromatic carbocycles. The highest BCUT2D eigenvalue weighted by Crippen LogP contribution is 2.23. The number of nitro benzene ring substituents is 1. The third kappa shape index (κ3) is 8.61. The second kappa shape index (κ2) is 12.6. The zero-order chi connectivity index (χ0) is 28.6. The van der Waals surface area contributed by atoms with Crippen LogP contribution in [0.4, 0.5) is 11.4 Å². The van der Waals surface area contributed by atoms with E-state index in [1.54, 1.807) is 57.2 Å². The van der Waals surface area contributed by atoms with Gasteiger partial charge in [-0.3, -0.25) is 19.7 Å². The van der Waals surface area contributed by atoms with Crippen LogP contribution in [0.2, 0.25) is 5.02 Å². The lowest BCUT2D eigenvalue weighted by atomic mass is 9.95. The standard InChI is InChI=1S/C28H25ClN4O6/c1-28(2,3)27(36)31-22-11-7-19(8-12-22)26(35)32-30-17-20-16-23(33(37)38)13-14-24(20)39-25(34)15-6-18-4-9-21(29)10-5-18/h4-17H,1-3H3,(H,31,36)(H,32,35)/b15-6+,30-17+. The second-order valence-electron chi connectivity index (χ2n) is 9.27. The Hall–Kier alpha value is -4.83. The zero-order valence-electron chi connectivity index (χ0n) is 21.3. The molecule has 2 amide bonds. The van der Waals surface area contributed by atoms with Gasteiger partial charge in [-0.2, -0.15) is 5.10 Å². The number of hydrogen-bond donors (Lipinski definition) is 2. The molecule has 39 heavy (non-hydrogen) atoms. The van der Waals surface area contributed by atoms with Gasteiger partial charge in [0.2, 0.25) is 5.91 Å². The molecule has 0 spiro atoms. The van der Waals surface area contributed by atoms with Crippen molar-refractivity contribution >= 4 is 53.0 Å². The minimum Gasteiger partial charge on any atom is -0.423 e. The highest BCUT2D eigenvalue weighted by molar-refractivity contribution is 6.30. The number of nitrogens with one attached hydrogen (secondary N) is 2. The maximum Gasteiger partial charge on any atom is 0.336 e. The molecule has 0 saturated carbocycles. The number of benzene rings is 3. The monoisotopic (exact) mass is 548 g/mol. The van der Waals surface area contributed by atoms with Crippen molar-refractivity contribution < 1.29 is 24.0 Å². The zero-order valence-corrected chi connectivity index (χ0v) is 22.1. The minimum absolute atomic E-state index is 0.00305. The fraction of sp³-hybridized carbons (Fsp3) is 0.143. The Morgan fingerprint density at radius 3 is 2.28 bits per heavy atom. The first kappa shape index (κ1) is 28.7. The van der Waals surface area contributed by atoms with E-state index in [4.69, 9.17) is 16.3 Å². The van der Waals surface area contributed by atoms with E-state index in [-0.39, 0.29) is 28.5 Å². The average Bonchev–Trinajstić information content (AvgIpc) is 2.89. The third-order valence-corrected chi connectivity index (χ3v) is 5.40. The summed E-state index contributed by atoms with van der Waals surface area (Å²) in [5, 5.41) is 18.4. The smallest absolute Gasteiger partial charge is 0.336 e. The van der Waals surface area contributed by atoms with Gasteiger partial charge in [0.15, 0.2) is 0 Å². The van der Waals surface area contributed by atoms with E-state index in [9.17, 15) is 24.5 Å². The molecule has 0 heterocycles. The second-order valence-corrected chi connectivity index (χ2v) is 9.70. The number of rotatable bonds is 8. The molecule has 0 aliphatic heterocycles. The maximum atomic E-state index is 12.5. The Bertz CT molecular complexity index is 1440. The molecule has 0 bridgehead atoms. The van der Waals surface area contributed by atoms with Crippen molar-refractivity contribution in [3.8, 4) is 5.75 Å². The lowest BCUT2D eigenvalue weighted by molar-refractivity contribution is -0.384. The highest BCUT2D eigenvalue weighted by atomic mass is 35.5. The van der Waals surface area contributed by atoms with Crippen molar-refractivity contribution in [1.29, 1.82) is 0 Å². The molecule has 0 atom stereocenters. The number of carbonyl (C=O) groups excluding carboxylic acids is 3. The Balaban J connectivity index is 1.69. The van der Waals surface area contributed by atoms with Gasteiger partial charge < -0.3 is 10.1 Å². The summed E-state index contributed by atoms with van der Waals surface area (Å²) in [6.07, 6.45) is 3.85. The SMILES string of the molecule is CC(C)(C)C(=O)Nc1ccc(C(=O)N/N=C/c2cc([N+](=O)[O-])ccc2OC(=O)/C=C/c2ccc(Cl)cc2)cc1. The van der Waals surface area contributed by atoms with Gasteiger partial charge >= 0.3 is 5.97 Å². The fourth-order valence-electron chi connectivity index (χ4n) is 2.97. The lowest BCUT2D eigenvalue weighted by Crippen LogP contribution is -2.27. The molecule has 0 fully saturated rings. The number of hydrogen-bond acceptors (Lipinski definition) is 7. The minimum atomic E-state index is -0.726. The predicted octanol–water partition coefficient (Wildman–Crippen LogP) is 5.62. The van der Waals surface area contributed by atoms with E-state index in [0.717, 1.165) is 12.3 Å². The topological polar surface area (TPSA) is 140 Å². The van der Waals surface area contributed by atoms with Crippen molar-refractivity contribution in [3.63, 3.8) is 0 Å². The number of nitrogens with zero attached hydrogens (tertiary/aromatic N) is 2. The molecular formula is C28H25ClN4O6. The fourth-order valence-corrected chi connectivity index (χ4v) is 3.10. The van der Waals surface area contributed by atoms with Crippen LogP contribution in [0.25, 0.3) is 6.08 Å². The highest BCUT2D eigenvalue weighted by Gasteiger charge is 2.21. The summed E-state index contributed by atoms with van der Waals surface area (Å²) in [5.74, 6) is -1.45. The first-order chi connectivity index (χ1) is 18.4. The Kier molecular flexibility index (Phi) is 9.29. The molecule has 2 N–H and O–H groups in total. The van der Waals surface area contributed by atoms with Crippen LogP contribution in [0.3, 0.4) is 0 Å². The van der Waals surface area contributed by atoms with Gasteiger partial charge in [-0.25, -0.2) is 10.2 Å². The van der Waals surface area contributed by atoms with Crippen LogP contribution >= 0.6 is 11.6 Å². The van der Waals surface area contributed by atoms with Crippen LogP contribution in [0.15, 0.2) is 77.9 Å². The van der Waals surface area contributed by atoms with E-state index in [1.165, 1.54) is 36.4 Å². The molecule has 0 unspecified atom stereocenters. The molecule has 3 rings (SSSR count). The quantitative estimate of drug-likeness (QED) is 0.0935. The van der Waals surface area contributed by atoms with E-state index < -0.39 is 22.2 Å². The summed E-state index contributed by atoms with van der Waals surface area (Å²) in [4.78, 5) is 47.5. The van der Waals surface area contributed by atoms with E-state index in [2.05, 4.69) is 15.8 Å². The number of anilines is 1. The molecule has 0 aliphatic carbocycles. The summed E-state index contributed by atoms with van der Waals surface area (Å²) in [6.45, 7) is 5.36. The molecule has 0 aromatic heterocycles. The van der Waals surface area contributed by atoms with E-state index >= 15 is 0 Å². The van der Waals surface area contributed by atoms with Crippen LogP contribution < -0.4 is 15.5 Å². The normalized spacial score (nSPS) is 11.4. The molecule has 0 aliphatic rings. The number of halogens is 1. The van der Waals surface area contributed by atoms with Crippen LogP contribution in [0.1, 0.15) is 42.3 Å². The van der Waals surface area contributed by atoms with Gasteiger partial charge in [-0.05, 0) is 54.1 Å². The van der Waals surface area contributed by atoms with Crippen molar-refractivity contribution in [2.24, 2.45) is 10.5 Å². The van der Waals surface area contributed by atoms with Gasteiger partial charge in [0, 0.05) is 45.5 Å². The number of carbonyl (C=O) groups is 3. The Morgan fingerprint density at radius 2 is 1.67 bits per heavy atom. The number of nitro groups is 1. The predicted molar refractivity (Wildman–Crippen MR) is 149 cm³/mol. The van der Waals surface area contributed by atoms with E-state index in [0.29, 0.717) is 16.3 Å². The van der Waals surface area contributed by atoms with Crippen molar-refractivity contribution in [2.45, 2.75) is 20.8 Å². The number of non-ortho nitro benzene ring substituents is 1. The number of esters is 1. The summed E-state index contributed by atoms with van der Waals surface area (Å²) in [7, 11) is 0. The maximum absolute atomic E-state index is 12.5. The Labute approximate surface area is 229 Å². The van der Waals surface area contributed by atoms with Crippen LogP contribution in [0, 0.1) is 15.5 Å². The van der Waals surface area contributed by atoms with Crippen LogP contribution in [-0.2, 0) is 9.59 Å². The van der Waals surface area contributed by atoms with Gasteiger partial charge in [-0.15, -0.1) is 0 Å². The lowest BCUT2D eigenvalue weighted by Gasteiger charge is -2.17. The van der Waals surface area contributed by atoms with Crippen LogP contribution in [0.5, 0.6) is 5.75 Å². The molecule has 0 radical (unpaired) electrons. The summed E-state index contributed by atoms with van der Waals surface area (Å²) in [5.41, 5.74) is 3.10. The Morgan fingerprint density at radius 1 is 1.00 bits per heavy atom. The largest absolute Gasteiger partial charge is 0.423 e. The summed E-state index contributed by atoms with van der Waals surface area (Å²) >= 11 is 5.85. The van der Waals surface area contributed by atoms with Gasteiger partial charge in [0.25, 0.3) is 11.6 Å². The molecule has 0 saturated heterocycles. The van der Waals surface area contributed by atoms with Crippen molar-refractivity contribution in [3.05, 3.63) is 105 Å². The van der Waals surface area contributed by atoms with Gasteiger partial charge in [0.05, 0.1) is 11.1 Å². The van der Waals surface area contributed by atoms with Gasteiger partial charge in [0.1, 0.15) is 5.75 Å². The van der Waals surface area contributed by atoms with Crippen molar-refractivity contribution in [1.82, 2.24) is 5.43 Å².